The molecule has 0 atom stereocenters. The summed E-state index contributed by atoms with van der Waals surface area (Å²) in [5.74, 6) is -0.269. The Morgan fingerprint density at radius 1 is 1.39 bits per heavy atom. The van der Waals surface area contributed by atoms with E-state index in [9.17, 15) is 14.9 Å². The van der Waals surface area contributed by atoms with E-state index in [0.29, 0.717) is 24.5 Å². The van der Waals surface area contributed by atoms with Crippen molar-refractivity contribution in [1.82, 2.24) is 24.9 Å². The Morgan fingerprint density at radius 2 is 2.13 bits per heavy atom. The predicted octanol–water partition coefficient (Wildman–Crippen LogP) is 1.58. The van der Waals surface area contributed by atoms with E-state index < -0.39 is 10.5 Å². The van der Waals surface area contributed by atoms with Gasteiger partial charge < -0.3 is 5.32 Å². The van der Waals surface area contributed by atoms with Crippen LogP contribution >= 0.6 is 11.6 Å². The zero-order valence-electron chi connectivity index (χ0n) is 12.8. The highest BCUT2D eigenvalue weighted by molar-refractivity contribution is 6.30. The van der Waals surface area contributed by atoms with Crippen LogP contribution in [0.1, 0.15) is 20.3 Å². The minimum atomic E-state index is -1.02. The van der Waals surface area contributed by atoms with Gasteiger partial charge in [-0.15, -0.1) is 0 Å². The Bertz CT molecular complexity index is 708. The molecular formula is C13H17ClN6O3. The molecule has 0 aliphatic rings. The Hall–Kier alpha value is -2.42. The quantitative estimate of drug-likeness (QED) is 0.467. The summed E-state index contributed by atoms with van der Waals surface area (Å²) in [5, 5.41) is 22.0. The molecule has 0 aromatic carbocycles. The maximum absolute atomic E-state index is 12.3. The molecule has 1 amide bonds. The molecule has 0 saturated heterocycles. The molecule has 0 aliphatic heterocycles. The van der Waals surface area contributed by atoms with Crippen molar-refractivity contribution in [3.63, 3.8) is 0 Å². The summed E-state index contributed by atoms with van der Waals surface area (Å²) in [4.78, 5) is 22.4. The SMILES string of the molecule is CC(C)(C(=O)NCCCn1cc(Cl)cn1)n1cc([N+](=O)[O-])cn1. The topological polar surface area (TPSA) is 108 Å². The molecule has 0 bridgehead atoms. The van der Waals surface area contributed by atoms with Gasteiger partial charge in [0, 0.05) is 19.3 Å². The Kier molecular flexibility index (Phi) is 4.99. The Morgan fingerprint density at radius 3 is 2.70 bits per heavy atom. The summed E-state index contributed by atoms with van der Waals surface area (Å²) >= 11 is 5.76. The second kappa shape index (κ2) is 6.78. The van der Waals surface area contributed by atoms with E-state index >= 15 is 0 Å². The van der Waals surface area contributed by atoms with E-state index in [-0.39, 0.29) is 11.6 Å². The number of carbonyl (C=O) groups excluding carboxylic acids is 1. The van der Waals surface area contributed by atoms with E-state index in [1.165, 1.54) is 10.9 Å². The number of rotatable bonds is 7. The van der Waals surface area contributed by atoms with Gasteiger partial charge in [0.05, 0.1) is 16.1 Å². The molecule has 10 heteroatoms. The van der Waals surface area contributed by atoms with Crippen molar-refractivity contribution in [2.24, 2.45) is 0 Å². The minimum absolute atomic E-state index is 0.151. The van der Waals surface area contributed by atoms with Gasteiger partial charge in [-0.25, -0.2) is 0 Å². The number of nitro groups is 1. The molecule has 0 fully saturated rings. The van der Waals surface area contributed by atoms with Gasteiger partial charge in [-0.1, -0.05) is 11.6 Å². The number of aromatic nitrogens is 4. The van der Waals surface area contributed by atoms with Crippen LogP contribution in [0.2, 0.25) is 5.02 Å². The second-order valence-electron chi connectivity index (χ2n) is 5.49. The average Bonchev–Trinajstić information content (AvgIpc) is 3.12. The number of aryl methyl sites for hydroxylation is 1. The van der Waals surface area contributed by atoms with Crippen LogP contribution in [0.25, 0.3) is 0 Å². The third kappa shape index (κ3) is 4.07. The number of carbonyl (C=O) groups is 1. The average molecular weight is 341 g/mol. The van der Waals surface area contributed by atoms with Gasteiger partial charge in [-0.2, -0.15) is 10.2 Å². The van der Waals surface area contributed by atoms with Gasteiger partial charge >= 0.3 is 5.69 Å². The molecule has 0 aliphatic carbocycles. The van der Waals surface area contributed by atoms with Crippen LogP contribution in [-0.4, -0.2) is 36.9 Å². The van der Waals surface area contributed by atoms with E-state index in [2.05, 4.69) is 15.5 Å². The van der Waals surface area contributed by atoms with Gasteiger partial charge in [0.2, 0.25) is 5.91 Å². The first-order valence-electron chi connectivity index (χ1n) is 6.96. The standard InChI is InChI=1S/C13H17ClN6O3/c1-13(2,19-9-11(7-17-19)20(22)23)12(21)15-4-3-5-18-8-10(14)6-16-18/h6-9H,3-5H2,1-2H3,(H,15,21). The highest BCUT2D eigenvalue weighted by Gasteiger charge is 2.31. The normalized spacial score (nSPS) is 11.4. The van der Waals surface area contributed by atoms with Gasteiger partial charge in [0.25, 0.3) is 0 Å². The molecule has 124 valence electrons. The number of halogens is 1. The lowest BCUT2D eigenvalue weighted by atomic mass is 10.1. The van der Waals surface area contributed by atoms with Crippen molar-refractivity contribution >= 4 is 23.2 Å². The summed E-state index contributed by atoms with van der Waals surface area (Å²) in [6, 6.07) is 0. The first-order valence-corrected chi connectivity index (χ1v) is 7.34. The maximum atomic E-state index is 12.3. The predicted molar refractivity (Wildman–Crippen MR) is 83.1 cm³/mol. The Labute approximate surface area is 137 Å². The van der Waals surface area contributed by atoms with Crippen molar-refractivity contribution < 1.29 is 9.72 Å². The van der Waals surface area contributed by atoms with Gasteiger partial charge in [-0.05, 0) is 20.3 Å². The van der Waals surface area contributed by atoms with Crippen LogP contribution in [0.15, 0.2) is 24.8 Å². The first kappa shape index (κ1) is 16.9. The lowest BCUT2D eigenvalue weighted by molar-refractivity contribution is -0.385. The number of nitrogens with zero attached hydrogens (tertiary/aromatic N) is 5. The summed E-state index contributed by atoms with van der Waals surface area (Å²) in [5.41, 5.74) is -1.18. The number of amides is 1. The third-order valence-electron chi connectivity index (χ3n) is 3.36. The van der Waals surface area contributed by atoms with E-state index in [0.717, 1.165) is 6.20 Å². The molecule has 23 heavy (non-hydrogen) atoms. The van der Waals surface area contributed by atoms with Crippen LogP contribution in [0.5, 0.6) is 0 Å². The van der Waals surface area contributed by atoms with Crippen LogP contribution in [-0.2, 0) is 16.9 Å². The second-order valence-corrected chi connectivity index (χ2v) is 5.93. The molecule has 0 radical (unpaired) electrons. The van der Waals surface area contributed by atoms with Gasteiger partial charge in [-0.3, -0.25) is 24.3 Å². The molecule has 2 rings (SSSR count). The largest absolute Gasteiger partial charge is 0.354 e. The lowest BCUT2D eigenvalue weighted by Gasteiger charge is -2.23. The van der Waals surface area contributed by atoms with Gasteiger partial charge in [0.1, 0.15) is 17.9 Å². The molecule has 2 aromatic heterocycles. The summed E-state index contributed by atoms with van der Waals surface area (Å²) < 4.78 is 2.98. The van der Waals surface area contributed by atoms with Crippen molar-refractivity contribution in [2.75, 3.05) is 6.54 Å². The fourth-order valence-corrected chi connectivity index (χ4v) is 2.09. The fraction of sp³-hybridized carbons (Fsp3) is 0.462. The molecular weight excluding hydrogens is 324 g/mol. The minimum Gasteiger partial charge on any atom is -0.354 e. The third-order valence-corrected chi connectivity index (χ3v) is 3.55. The zero-order chi connectivity index (χ0) is 17.0. The number of hydrogen-bond donors (Lipinski definition) is 1. The van der Waals surface area contributed by atoms with Crippen molar-refractivity contribution in [2.45, 2.75) is 32.4 Å². The fourth-order valence-electron chi connectivity index (χ4n) is 1.94. The van der Waals surface area contributed by atoms with Gasteiger partial charge in [0.15, 0.2) is 0 Å². The van der Waals surface area contributed by atoms with E-state index in [1.807, 2.05) is 0 Å². The molecule has 0 saturated carbocycles. The van der Waals surface area contributed by atoms with Crippen molar-refractivity contribution in [3.05, 3.63) is 39.9 Å². The Balaban J connectivity index is 1.86. The maximum Gasteiger partial charge on any atom is 0.307 e. The zero-order valence-corrected chi connectivity index (χ0v) is 13.5. The van der Waals surface area contributed by atoms with Crippen molar-refractivity contribution in [3.8, 4) is 0 Å². The number of hydrogen-bond acceptors (Lipinski definition) is 5. The molecule has 2 aromatic rings. The van der Waals surface area contributed by atoms with Crippen LogP contribution in [0.3, 0.4) is 0 Å². The highest BCUT2D eigenvalue weighted by Crippen LogP contribution is 2.18. The van der Waals surface area contributed by atoms with Crippen molar-refractivity contribution in [1.29, 1.82) is 0 Å². The van der Waals surface area contributed by atoms with Crippen LogP contribution in [0.4, 0.5) is 5.69 Å². The van der Waals surface area contributed by atoms with E-state index in [1.54, 1.807) is 30.9 Å². The molecule has 2 heterocycles. The molecule has 1 N–H and O–H groups in total. The summed E-state index contributed by atoms with van der Waals surface area (Å²) in [6.07, 6.45) is 6.30. The molecule has 0 unspecified atom stereocenters. The highest BCUT2D eigenvalue weighted by atomic mass is 35.5. The smallest absolute Gasteiger partial charge is 0.307 e. The first-order chi connectivity index (χ1) is 10.8. The summed E-state index contributed by atoms with van der Waals surface area (Å²) in [7, 11) is 0. The molecule has 0 spiro atoms. The molecule has 9 nitrogen and oxygen atoms in total. The lowest BCUT2D eigenvalue weighted by Crippen LogP contribution is -2.45. The van der Waals surface area contributed by atoms with Crippen LogP contribution < -0.4 is 5.32 Å². The van der Waals surface area contributed by atoms with Crippen LogP contribution in [0, 0.1) is 10.1 Å². The number of nitrogens with one attached hydrogen (secondary N) is 1. The monoisotopic (exact) mass is 340 g/mol. The van der Waals surface area contributed by atoms with E-state index in [4.69, 9.17) is 11.6 Å². The summed E-state index contributed by atoms with van der Waals surface area (Å²) in [6.45, 7) is 4.36.